The molecule has 0 unspecified atom stereocenters. The summed E-state index contributed by atoms with van der Waals surface area (Å²) in [6, 6.07) is 5.18. The number of benzene rings is 1. The van der Waals surface area contributed by atoms with Gasteiger partial charge in [-0.3, -0.25) is 4.79 Å². The maximum atomic E-state index is 11.4. The van der Waals surface area contributed by atoms with Crippen LogP contribution in [0.4, 0.5) is 0 Å². The van der Waals surface area contributed by atoms with Crippen molar-refractivity contribution in [3.63, 3.8) is 0 Å². The molecule has 0 fully saturated rings. The summed E-state index contributed by atoms with van der Waals surface area (Å²) in [7, 11) is 0. The Morgan fingerprint density at radius 2 is 2.43 bits per heavy atom. The maximum Gasteiger partial charge on any atom is 0.251 e. The number of oxazole rings is 1. The first kappa shape index (κ1) is 8.74. The maximum absolute atomic E-state index is 11.4. The Labute approximate surface area is 80.9 Å². The second kappa shape index (κ2) is 3.49. The molecular formula is C10H10N2O2. The average Bonchev–Trinajstić information content (AvgIpc) is 2.64. The molecule has 0 bridgehead atoms. The number of amides is 1. The number of fused-ring (bicyclic) bond motifs is 1. The smallest absolute Gasteiger partial charge is 0.251 e. The van der Waals surface area contributed by atoms with Gasteiger partial charge in [0.05, 0.1) is 0 Å². The number of nitrogens with zero attached hydrogens (tertiary/aromatic N) is 1. The van der Waals surface area contributed by atoms with E-state index in [0.29, 0.717) is 23.2 Å². The fourth-order valence-corrected chi connectivity index (χ4v) is 1.26. The highest BCUT2D eigenvalue weighted by molar-refractivity contribution is 5.96. The number of nitrogens with one attached hydrogen (secondary N) is 1. The Morgan fingerprint density at radius 3 is 3.21 bits per heavy atom. The Hall–Kier alpha value is -1.84. The minimum absolute atomic E-state index is 0.0857. The first-order valence-electron chi connectivity index (χ1n) is 4.42. The van der Waals surface area contributed by atoms with Crippen molar-refractivity contribution in [3.05, 3.63) is 30.2 Å². The lowest BCUT2D eigenvalue weighted by Gasteiger charge is -2.00. The van der Waals surface area contributed by atoms with Gasteiger partial charge in [-0.1, -0.05) is 0 Å². The molecule has 72 valence electrons. The molecule has 4 nitrogen and oxygen atoms in total. The molecule has 2 rings (SSSR count). The third-order valence-corrected chi connectivity index (χ3v) is 1.93. The molecule has 0 saturated carbocycles. The molecule has 0 radical (unpaired) electrons. The van der Waals surface area contributed by atoms with Gasteiger partial charge in [0.1, 0.15) is 5.52 Å². The third kappa shape index (κ3) is 1.46. The SMILES string of the molecule is CCNC(=O)c1ccc2ocnc2c1. The van der Waals surface area contributed by atoms with E-state index in [4.69, 9.17) is 4.42 Å². The van der Waals surface area contributed by atoms with Crippen LogP contribution in [0.5, 0.6) is 0 Å². The van der Waals surface area contributed by atoms with E-state index in [1.165, 1.54) is 6.39 Å². The third-order valence-electron chi connectivity index (χ3n) is 1.93. The van der Waals surface area contributed by atoms with Crippen LogP contribution in [0.2, 0.25) is 0 Å². The van der Waals surface area contributed by atoms with Gasteiger partial charge in [0.25, 0.3) is 5.91 Å². The summed E-state index contributed by atoms with van der Waals surface area (Å²) >= 11 is 0. The highest BCUT2D eigenvalue weighted by atomic mass is 16.3. The molecule has 0 aliphatic heterocycles. The minimum atomic E-state index is -0.0857. The second-order valence-corrected chi connectivity index (χ2v) is 2.89. The van der Waals surface area contributed by atoms with Crippen molar-refractivity contribution in [2.45, 2.75) is 6.92 Å². The van der Waals surface area contributed by atoms with Crippen LogP contribution in [0.25, 0.3) is 11.1 Å². The fourth-order valence-electron chi connectivity index (χ4n) is 1.26. The predicted molar refractivity (Wildman–Crippen MR) is 52.0 cm³/mol. The van der Waals surface area contributed by atoms with E-state index in [-0.39, 0.29) is 5.91 Å². The minimum Gasteiger partial charge on any atom is -0.443 e. The number of aromatic nitrogens is 1. The highest BCUT2D eigenvalue weighted by Gasteiger charge is 2.06. The number of hydrogen-bond donors (Lipinski definition) is 1. The van der Waals surface area contributed by atoms with E-state index in [2.05, 4.69) is 10.3 Å². The molecule has 1 heterocycles. The van der Waals surface area contributed by atoms with Gasteiger partial charge in [0.2, 0.25) is 0 Å². The van der Waals surface area contributed by atoms with Crippen molar-refractivity contribution in [2.75, 3.05) is 6.54 Å². The van der Waals surface area contributed by atoms with Crippen LogP contribution in [-0.2, 0) is 0 Å². The van der Waals surface area contributed by atoms with E-state index >= 15 is 0 Å². The normalized spacial score (nSPS) is 10.4. The summed E-state index contributed by atoms with van der Waals surface area (Å²) in [5.41, 5.74) is 2.00. The first-order chi connectivity index (χ1) is 6.81. The van der Waals surface area contributed by atoms with Gasteiger partial charge in [0.15, 0.2) is 12.0 Å². The molecule has 1 aromatic heterocycles. The second-order valence-electron chi connectivity index (χ2n) is 2.89. The molecule has 0 atom stereocenters. The summed E-state index contributed by atoms with van der Waals surface area (Å²) in [6.07, 6.45) is 1.37. The molecular weight excluding hydrogens is 180 g/mol. The summed E-state index contributed by atoms with van der Waals surface area (Å²) in [6.45, 7) is 2.50. The summed E-state index contributed by atoms with van der Waals surface area (Å²) in [4.78, 5) is 15.4. The van der Waals surface area contributed by atoms with Crippen molar-refractivity contribution in [3.8, 4) is 0 Å². The zero-order valence-corrected chi connectivity index (χ0v) is 7.78. The first-order valence-corrected chi connectivity index (χ1v) is 4.42. The Kier molecular flexibility index (Phi) is 2.18. The zero-order valence-electron chi connectivity index (χ0n) is 7.78. The molecule has 1 amide bonds. The Bertz CT molecular complexity index is 462. The molecule has 1 aromatic carbocycles. The molecule has 0 saturated heterocycles. The molecule has 1 N–H and O–H groups in total. The quantitative estimate of drug-likeness (QED) is 0.782. The molecule has 0 aliphatic carbocycles. The van der Waals surface area contributed by atoms with Crippen molar-refractivity contribution in [1.29, 1.82) is 0 Å². The molecule has 2 aromatic rings. The molecule has 14 heavy (non-hydrogen) atoms. The van der Waals surface area contributed by atoms with E-state index in [1.807, 2.05) is 6.92 Å². The lowest BCUT2D eigenvalue weighted by atomic mass is 10.2. The zero-order chi connectivity index (χ0) is 9.97. The van der Waals surface area contributed by atoms with Crippen LogP contribution in [0, 0.1) is 0 Å². The van der Waals surface area contributed by atoms with Crippen LogP contribution >= 0.6 is 0 Å². The monoisotopic (exact) mass is 190 g/mol. The average molecular weight is 190 g/mol. The van der Waals surface area contributed by atoms with Gasteiger partial charge in [-0.25, -0.2) is 4.98 Å². The van der Waals surface area contributed by atoms with Crippen molar-refractivity contribution >= 4 is 17.0 Å². The van der Waals surface area contributed by atoms with E-state index in [1.54, 1.807) is 18.2 Å². The van der Waals surface area contributed by atoms with Crippen molar-refractivity contribution in [2.24, 2.45) is 0 Å². The van der Waals surface area contributed by atoms with E-state index in [9.17, 15) is 4.79 Å². The van der Waals surface area contributed by atoms with Gasteiger partial charge >= 0.3 is 0 Å². The van der Waals surface area contributed by atoms with Crippen LogP contribution in [-0.4, -0.2) is 17.4 Å². The fraction of sp³-hybridized carbons (Fsp3) is 0.200. The van der Waals surface area contributed by atoms with Crippen LogP contribution < -0.4 is 5.32 Å². The topological polar surface area (TPSA) is 55.1 Å². The number of hydrogen-bond acceptors (Lipinski definition) is 3. The van der Waals surface area contributed by atoms with Gasteiger partial charge in [-0.2, -0.15) is 0 Å². The lowest BCUT2D eigenvalue weighted by Crippen LogP contribution is -2.22. The number of carbonyl (C=O) groups excluding carboxylic acids is 1. The van der Waals surface area contributed by atoms with E-state index < -0.39 is 0 Å². The van der Waals surface area contributed by atoms with Gasteiger partial charge in [0, 0.05) is 12.1 Å². The highest BCUT2D eigenvalue weighted by Crippen LogP contribution is 2.13. The van der Waals surface area contributed by atoms with E-state index in [0.717, 1.165) is 0 Å². The van der Waals surface area contributed by atoms with Gasteiger partial charge < -0.3 is 9.73 Å². The molecule has 0 aliphatic rings. The van der Waals surface area contributed by atoms with Crippen LogP contribution in [0.3, 0.4) is 0 Å². The molecule has 0 spiro atoms. The summed E-state index contributed by atoms with van der Waals surface area (Å²) < 4.78 is 5.07. The van der Waals surface area contributed by atoms with Gasteiger partial charge in [-0.05, 0) is 25.1 Å². The van der Waals surface area contributed by atoms with Crippen LogP contribution in [0.15, 0.2) is 29.0 Å². The van der Waals surface area contributed by atoms with Crippen molar-refractivity contribution in [1.82, 2.24) is 10.3 Å². The standard InChI is InChI=1S/C10H10N2O2/c1-2-11-10(13)7-3-4-9-8(5-7)12-6-14-9/h3-6H,2H2,1H3,(H,11,13). The predicted octanol–water partition coefficient (Wildman–Crippen LogP) is 1.58. The molecule has 4 heteroatoms. The number of carbonyl (C=O) groups is 1. The Morgan fingerprint density at radius 1 is 1.57 bits per heavy atom. The largest absolute Gasteiger partial charge is 0.443 e. The summed E-state index contributed by atoms with van der Waals surface area (Å²) in [5.74, 6) is -0.0857. The van der Waals surface area contributed by atoms with Crippen LogP contribution in [0.1, 0.15) is 17.3 Å². The Balaban J connectivity index is 2.38. The lowest BCUT2D eigenvalue weighted by molar-refractivity contribution is 0.0956. The van der Waals surface area contributed by atoms with Gasteiger partial charge in [-0.15, -0.1) is 0 Å². The van der Waals surface area contributed by atoms with Crippen molar-refractivity contribution < 1.29 is 9.21 Å². The number of rotatable bonds is 2. The summed E-state index contributed by atoms with van der Waals surface area (Å²) in [5, 5.41) is 2.72.